The van der Waals surface area contributed by atoms with E-state index in [2.05, 4.69) is 24.9 Å². The van der Waals surface area contributed by atoms with Crippen molar-refractivity contribution in [1.29, 1.82) is 0 Å². The van der Waals surface area contributed by atoms with Crippen LogP contribution in [0.3, 0.4) is 0 Å². The van der Waals surface area contributed by atoms with Crippen LogP contribution in [0.15, 0.2) is 48.9 Å². The van der Waals surface area contributed by atoms with E-state index >= 15 is 0 Å². The van der Waals surface area contributed by atoms with Crippen molar-refractivity contribution in [1.82, 2.24) is 19.3 Å². The Morgan fingerprint density at radius 1 is 0.938 bits per heavy atom. The van der Waals surface area contributed by atoms with Crippen LogP contribution in [0, 0.1) is 6.57 Å². The Balaban J connectivity index is 1.34. The Hall–Kier alpha value is -4.76. The second kappa shape index (κ2) is 13.0. The van der Waals surface area contributed by atoms with Gasteiger partial charge in [-0.3, -0.25) is 19.1 Å². The molecule has 11 nitrogen and oxygen atoms in total. The highest BCUT2D eigenvalue weighted by molar-refractivity contribution is 6.41. The highest BCUT2D eigenvalue weighted by atomic mass is 35.5. The van der Waals surface area contributed by atoms with E-state index in [9.17, 15) is 4.79 Å². The third-order valence-corrected chi connectivity index (χ3v) is 9.76. The molecule has 2 aromatic carbocycles. The number of benzene rings is 2. The summed E-state index contributed by atoms with van der Waals surface area (Å²) >= 11 is 13.6. The smallest absolute Gasteiger partial charge is 0.304 e. The highest BCUT2D eigenvalue weighted by Gasteiger charge is 2.32. The van der Waals surface area contributed by atoms with Gasteiger partial charge in [-0.05, 0) is 31.0 Å². The zero-order valence-electron chi connectivity index (χ0n) is 26.7. The molecule has 0 atom stereocenters. The Bertz CT molecular complexity index is 2070. The van der Waals surface area contributed by atoms with E-state index in [-0.39, 0.29) is 12.5 Å². The van der Waals surface area contributed by atoms with Crippen LogP contribution in [0.4, 0.5) is 11.4 Å². The van der Waals surface area contributed by atoms with Crippen molar-refractivity contribution in [3.63, 3.8) is 0 Å². The molecule has 0 radical (unpaired) electrons. The van der Waals surface area contributed by atoms with E-state index in [0.29, 0.717) is 67.1 Å². The molecule has 0 bridgehead atoms. The SMILES string of the molecule is [C-]#[N+]CC(=O)Nc1cc(-c2cc3c(cn2)cc(-c2c(Cl)c(OC)cc(OC)c2Cl)c2nccn23)c(OC)cc1N1CCN(C2CC2)CC1. The maximum absolute atomic E-state index is 12.7. The average Bonchev–Trinajstić information content (AvgIpc) is 3.83. The van der Waals surface area contributed by atoms with Crippen LogP contribution in [-0.4, -0.2) is 85.3 Å². The molecule has 1 aliphatic carbocycles. The Labute approximate surface area is 287 Å². The Morgan fingerprint density at radius 3 is 2.29 bits per heavy atom. The monoisotopic (exact) mass is 685 g/mol. The van der Waals surface area contributed by atoms with Crippen LogP contribution >= 0.6 is 23.2 Å². The molecule has 1 aliphatic heterocycles. The minimum Gasteiger partial charge on any atom is -0.496 e. The average molecular weight is 687 g/mol. The summed E-state index contributed by atoms with van der Waals surface area (Å²) in [5.74, 6) is 1.09. The lowest BCUT2D eigenvalue weighted by Crippen LogP contribution is -2.47. The molecule has 7 rings (SSSR count). The maximum Gasteiger partial charge on any atom is 0.304 e. The molecule has 48 heavy (non-hydrogen) atoms. The van der Waals surface area contributed by atoms with E-state index in [4.69, 9.17) is 49.0 Å². The largest absolute Gasteiger partial charge is 0.496 e. The zero-order valence-corrected chi connectivity index (χ0v) is 28.2. The lowest BCUT2D eigenvalue weighted by atomic mass is 10.0. The molecule has 1 N–H and O–H groups in total. The molecular weight excluding hydrogens is 653 g/mol. The number of methoxy groups -OCH3 is 3. The molecule has 246 valence electrons. The number of carbonyl (C=O) groups excluding carboxylic acids is 1. The summed E-state index contributed by atoms with van der Waals surface area (Å²) in [6.07, 6.45) is 7.88. The predicted molar refractivity (Wildman–Crippen MR) is 188 cm³/mol. The number of hydrogen-bond acceptors (Lipinski definition) is 8. The number of hydrogen-bond donors (Lipinski definition) is 1. The van der Waals surface area contributed by atoms with Crippen LogP contribution in [0.1, 0.15) is 12.8 Å². The minimum atomic E-state index is -0.371. The molecular formula is C35H33Cl2N7O4. The van der Waals surface area contributed by atoms with E-state index in [0.717, 1.165) is 42.8 Å². The number of carbonyl (C=O) groups is 1. The van der Waals surface area contributed by atoms with Crippen molar-refractivity contribution in [3.05, 3.63) is 70.4 Å². The van der Waals surface area contributed by atoms with Gasteiger partial charge in [0.25, 0.3) is 6.54 Å². The van der Waals surface area contributed by atoms with Crippen LogP contribution in [-0.2, 0) is 4.79 Å². The number of ether oxygens (including phenoxy) is 3. The fourth-order valence-corrected chi connectivity index (χ4v) is 7.18. The van der Waals surface area contributed by atoms with Crippen molar-refractivity contribution in [2.75, 3.05) is 64.3 Å². The minimum absolute atomic E-state index is 0.265. The molecule has 1 amide bonds. The summed E-state index contributed by atoms with van der Waals surface area (Å²) in [6, 6.07) is 10.1. The molecule has 1 saturated carbocycles. The standard InChI is InChI=1S/C35H33Cl2N7O4/c1-38-19-31(45)41-25-14-22(28(46-2)16-27(25)43-11-9-42(10-12-43)21-5-6-21)24-15-26-20(18-40-24)13-23(35-39-7-8-44(26)35)32-33(36)29(47-3)17-30(48-4)34(32)37/h7-8,13-18,21H,5-6,9-12,19H2,2-4H3,(H,41,45). The number of halogens is 2. The third-order valence-electron chi connectivity index (χ3n) is 9.00. The van der Waals surface area contributed by atoms with E-state index < -0.39 is 0 Å². The lowest BCUT2D eigenvalue weighted by molar-refractivity contribution is -0.114. The van der Waals surface area contributed by atoms with Gasteiger partial charge in [0, 0.05) is 85.0 Å². The number of fused-ring (bicyclic) bond motifs is 3. The highest BCUT2D eigenvalue weighted by Crippen LogP contribution is 2.48. The van der Waals surface area contributed by atoms with Crippen molar-refractivity contribution in [3.8, 4) is 39.6 Å². The van der Waals surface area contributed by atoms with Crippen molar-refractivity contribution in [2.24, 2.45) is 0 Å². The Morgan fingerprint density at radius 2 is 1.65 bits per heavy atom. The molecule has 2 fully saturated rings. The van der Waals surface area contributed by atoms with Crippen LogP contribution < -0.4 is 24.4 Å². The summed E-state index contributed by atoms with van der Waals surface area (Å²) in [5, 5.41) is 4.46. The first-order valence-electron chi connectivity index (χ1n) is 15.6. The summed E-state index contributed by atoms with van der Waals surface area (Å²) in [6.45, 7) is 10.5. The number of pyridine rings is 2. The molecule has 0 unspecified atom stereocenters. The van der Waals surface area contributed by atoms with Gasteiger partial charge < -0.3 is 29.3 Å². The summed E-state index contributed by atoms with van der Waals surface area (Å²) < 4.78 is 18.9. The van der Waals surface area contributed by atoms with Crippen molar-refractivity contribution in [2.45, 2.75) is 18.9 Å². The summed E-state index contributed by atoms with van der Waals surface area (Å²) in [7, 11) is 4.70. The van der Waals surface area contributed by atoms with Gasteiger partial charge in [0.15, 0.2) is 0 Å². The summed E-state index contributed by atoms with van der Waals surface area (Å²) in [4.78, 5) is 30.3. The number of rotatable bonds is 9. The molecule has 5 aromatic rings. The number of amides is 1. The topological polar surface area (TPSA) is 97.8 Å². The molecule has 4 heterocycles. The fraction of sp³-hybridized carbons (Fsp3) is 0.314. The first-order chi connectivity index (χ1) is 23.3. The molecule has 3 aromatic heterocycles. The van der Waals surface area contributed by atoms with Gasteiger partial charge in [-0.25, -0.2) is 11.6 Å². The van der Waals surface area contributed by atoms with Crippen LogP contribution in [0.25, 0.3) is 43.8 Å². The van der Waals surface area contributed by atoms with Gasteiger partial charge in [-0.2, -0.15) is 0 Å². The second-order valence-electron chi connectivity index (χ2n) is 11.8. The van der Waals surface area contributed by atoms with Crippen LogP contribution in [0.2, 0.25) is 10.0 Å². The van der Waals surface area contributed by atoms with E-state index in [1.807, 2.05) is 34.9 Å². The first kappa shape index (κ1) is 31.8. The zero-order chi connectivity index (χ0) is 33.5. The van der Waals surface area contributed by atoms with Crippen molar-refractivity contribution >= 4 is 57.0 Å². The number of anilines is 2. The predicted octanol–water partition coefficient (Wildman–Crippen LogP) is 6.69. The van der Waals surface area contributed by atoms with Gasteiger partial charge in [0.05, 0.1) is 54.0 Å². The molecule has 0 spiro atoms. The lowest BCUT2D eigenvalue weighted by Gasteiger charge is -2.37. The molecule has 2 aliphatic rings. The van der Waals surface area contributed by atoms with Gasteiger partial charge in [0.1, 0.15) is 22.9 Å². The quantitative estimate of drug-likeness (QED) is 0.172. The third kappa shape index (κ3) is 5.70. The van der Waals surface area contributed by atoms with Gasteiger partial charge in [-0.1, -0.05) is 23.2 Å². The van der Waals surface area contributed by atoms with Crippen LogP contribution in [0.5, 0.6) is 17.2 Å². The number of nitrogens with zero attached hydrogens (tertiary/aromatic N) is 6. The van der Waals surface area contributed by atoms with Gasteiger partial charge >= 0.3 is 5.91 Å². The second-order valence-corrected chi connectivity index (χ2v) is 12.5. The van der Waals surface area contributed by atoms with E-state index in [1.165, 1.54) is 27.1 Å². The van der Waals surface area contributed by atoms with Gasteiger partial charge in [-0.15, -0.1) is 0 Å². The Kier molecular flexibility index (Phi) is 8.64. The molecule has 1 saturated heterocycles. The molecule has 13 heteroatoms. The fourth-order valence-electron chi connectivity index (χ4n) is 6.47. The normalized spacial score (nSPS) is 15.0. The number of piperazine rings is 1. The first-order valence-corrected chi connectivity index (χ1v) is 16.3. The van der Waals surface area contributed by atoms with E-state index in [1.54, 1.807) is 25.6 Å². The van der Waals surface area contributed by atoms with Crippen molar-refractivity contribution < 1.29 is 19.0 Å². The number of aromatic nitrogens is 3. The summed E-state index contributed by atoms with van der Waals surface area (Å²) in [5.41, 5.74) is 5.47. The number of imidazole rings is 1. The maximum atomic E-state index is 12.7. The van der Waals surface area contributed by atoms with Gasteiger partial charge in [0.2, 0.25) is 0 Å². The number of nitrogens with one attached hydrogen (secondary N) is 1.